The van der Waals surface area contributed by atoms with Crippen molar-refractivity contribution in [3.05, 3.63) is 84.2 Å². The van der Waals surface area contributed by atoms with E-state index in [0.717, 1.165) is 11.4 Å². The summed E-state index contributed by atoms with van der Waals surface area (Å²) in [6.07, 6.45) is 3.33. The maximum Gasteiger partial charge on any atom is 0.260 e. The molecule has 5 heteroatoms. The smallest absolute Gasteiger partial charge is 0.260 e. The van der Waals surface area contributed by atoms with Crippen LogP contribution in [0.15, 0.2) is 84.2 Å². The predicted molar refractivity (Wildman–Crippen MR) is 93.1 cm³/mol. The Bertz CT molecular complexity index is 772. The van der Waals surface area contributed by atoms with Crippen LogP contribution in [0.4, 0.5) is 11.4 Å². The van der Waals surface area contributed by atoms with Crippen LogP contribution >= 0.6 is 0 Å². The molecule has 5 nitrogen and oxygen atoms in total. The number of dihydropyridines is 1. The number of hydrogen-bond acceptors (Lipinski definition) is 3. The number of primary amides is 1. The Morgan fingerprint density at radius 1 is 0.833 bits per heavy atom. The van der Waals surface area contributed by atoms with Gasteiger partial charge in [0.2, 0.25) is 5.91 Å². The molecule has 2 aromatic carbocycles. The number of anilines is 2. The Morgan fingerprint density at radius 3 is 1.83 bits per heavy atom. The Labute approximate surface area is 140 Å². The number of carbonyl (C=O) groups is 2. The zero-order valence-corrected chi connectivity index (χ0v) is 13.0. The molecule has 0 atom stereocenters. The van der Waals surface area contributed by atoms with Crippen molar-refractivity contribution in [2.75, 3.05) is 4.90 Å². The molecule has 0 bridgehead atoms. The lowest BCUT2D eigenvalue weighted by Crippen LogP contribution is -2.30. The van der Waals surface area contributed by atoms with Crippen LogP contribution in [0, 0.1) is 0 Å². The van der Waals surface area contributed by atoms with Gasteiger partial charge in [-0.25, -0.2) is 0 Å². The summed E-state index contributed by atoms with van der Waals surface area (Å²) >= 11 is 0. The lowest BCUT2D eigenvalue weighted by molar-refractivity contribution is -0.114. The molecule has 0 fully saturated rings. The van der Waals surface area contributed by atoms with Gasteiger partial charge in [-0.15, -0.1) is 0 Å². The molecule has 1 aliphatic heterocycles. The van der Waals surface area contributed by atoms with Crippen molar-refractivity contribution in [2.24, 2.45) is 5.73 Å². The Morgan fingerprint density at radius 2 is 1.33 bits per heavy atom. The average molecular weight is 319 g/mol. The van der Waals surface area contributed by atoms with Gasteiger partial charge >= 0.3 is 0 Å². The van der Waals surface area contributed by atoms with E-state index in [0.29, 0.717) is 11.1 Å². The lowest BCUT2D eigenvalue weighted by Gasteiger charge is -2.25. The summed E-state index contributed by atoms with van der Waals surface area (Å²) in [7, 11) is 0. The number of carbonyl (C=O) groups excluding carboxylic acids is 2. The maximum absolute atomic E-state index is 13.1. The zero-order chi connectivity index (χ0) is 16.9. The average Bonchev–Trinajstić information content (AvgIpc) is 2.64. The van der Waals surface area contributed by atoms with E-state index in [1.54, 1.807) is 11.1 Å². The quantitative estimate of drug-likeness (QED) is 0.909. The molecule has 0 unspecified atom stereocenters. The first-order chi connectivity index (χ1) is 11.7. The van der Waals surface area contributed by atoms with Crippen LogP contribution in [-0.2, 0) is 9.59 Å². The second-order valence-corrected chi connectivity index (χ2v) is 5.36. The Kier molecular flexibility index (Phi) is 4.43. The first kappa shape index (κ1) is 15.6. The van der Waals surface area contributed by atoms with Crippen molar-refractivity contribution in [1.82, 2.24) is 5.32 Å². The fourth-order valence-electron chi connectivity index (χ4n) is 2.53. The summed E-state index contributed by atoms with van der Waals surface area (Å²) < 4.78 is 0. The highest BCUT2D eigenvalue weighted by Gasteiger charge is 2.24. The monoisotopic (exact) mass is 319 g/mol. The van der Waals surface area contributed by atoms with Crippen LogP contribution in [0.3, 0.4) is 0 Å². The Balaban J connectivity index is 1.96. The van der Waals surface area contributed by atoms with Gasteiger partial charge in [-0.3, -0.25) is 14.5 Å². The summed E-state index contributed by atoms with van der Waals surface area (Å²) in [6, 6.07) is 18.8. The highest BCUT2D eigenvalue weighted by Crippen LogP contribution is 2.28. The summed E-state index contributed by atoms with van der Waals surface area (Å²) in [5.74, 6) is -0.737. The van der Waals surface area contributed by atoms with Gasteiger partial charge in [-0.2, -0.15) is 0 Å². The highest BCUT2D eigenvalue weighted by molar-refractivity contribution is 6.11. The second kappa shape index (κ2) is 6.83. The van der Waals surface area contributed by atoms with Gasteiger partial charge in [-0.1, -0.05) is 36.4 Å². The molecule has 2 aromatic rings. The topological polar surface area (TPSA) is 75.4 Å². The van der Waals surface area contributed by atoms with E-state index in [1.807, 2.05) is 60.7 Å². The molecule has 3 rings (SSSR count). The molecule has 0 radical (unpaired) electrons. The van der Waals surface area contributed by atoms with Gasteiger partial charge in [0.05, 0.1) is 0 Å². The second-order valence-electron chi connectivity index (χ2n) is 5.36. The molecule has 1 aliphatic rings. The first-order valence-electron chi connectivity index (χ1n) is 7.55. The highest BCUT2D eigenvalue weighted by atomic mass is 16.2. The number of amides is 2. The van der Waals surface area contributed by atoms with E-state index in [1.165, 1.54) is 6.20 Å². The molecule has 0 saturated heterocycles. The van der Waals surface area contributed by atoms with Crippen molar-refractivity contribution in [1.29, 1.82) is 0 Å². The van der Waals surface area contributed by atoms with E-state index in [9.17, 15) is 9.59 Å². The molecule has 0 aromatic heterocycles. The third kappa shape index (κ3) is 3.20. The fraction of sp³-hybridized carbons (Fsp3) is 0.0526. The molecule has 120 valence electrons. The van der Waals surface area contributed by atoms with Crippen LogP contribution < -0.4 is 16.0 Å². The third-order valence-corrected chi connectivity index (χ3v) is 3.72. The van der Waals surface area contributed by atoms with Gasteiger partial charge < -0.3 is 11.1 Å². The first-order valence-corrected chi connectivity index (χ1v) is 7.55. The Hall–Kier alpha value is -3.34. The minimum Gasteiger partial charge on any atom is -0.367 e. The normalized spacial score (nSPS) is 13.3. The molecule has 0 spiro atoms. The number of nitrogens with one attached hydrogen (secondary N) is 1. The predicted octanol–water partition coefficient (Wildman–Crippen LogP) is 2.60. The number of benzene rings is 2. The standard InChI is InChI=1S/C19H17N3O2/c20-18(23)14-11-15(13-21-12-14)19(24)22(16-7-3-1-4-8-16)17-9-5-2-6-10-17/h1-10,12-13,21H,11H2,(H2,20,23). The minimum absolute atomic E-state index is 0.202. The molecule has 0 saturated carbocycles. The van der Waals surface area contributed by atoms with Crippen LogP contribution in [-0.4, -0.2) is 11.8 Å². The van der Waals surface area contributed by atoms with Gasteiger partial charge in [-0.05, 0) is 24.3 Å². The molecule has 2 amide bonds. The number of nitrogens with zero attached hydrogens (tertiary/aromatic N) is 1. The molecular formula is C19H17N3O2. The molecule has 0 aliphatic carbocycles. The van der Waals surface area contributed by atoms with E-state index in [-0.39, 0.29) is 12.3 Å². The van der Waals surface area contributed by atoms with Crippen molar-refractivity contribution < 1.29 is 9.59 Å². The lowest BCUT2D eigenvalue weighted by atomic mass is 10.0. The zero-order valence-electron chi connectivity index (χ0n) is 13.0. The van der Waals surface area contributed by atoms with Crippen molar-refractivity contribution in [2.45, 2.75) is 6.42 Å². The largest absolute Gasteiger partial charge is 0.367 e. The van der Waals surface area contributed by atoms with E-state index in [4.69, 9.17) is 5.73 Å². The van der Waals surface area contributed by atoms with Gasteiger partial charge in [0.1, 0.15) is 0 Å². The van der Waals surface area contributed by atoms with Crippen molar-refractivity contribution >= 4 is 23.2 Å². The van der Waals surface area contributed by atoms with Gasteiger partial charge in [0, 0.05) is 41.3 Å². The molecule has 1 heterocycles. The third-order valence-electron chi connectivity index (χ3n) is 3.72. The number of nitrogens with two attached hydrogens (primary N) is 1. The van der Waals surface area contributed by atoms with Crippen molar-refractivity contribution in [3.63, 3.8) is 0 Å². The van der Waals surface area contributed by atoms with Gasteiger partial charge in [0.25, 0.3) is 5.91 Å². The SMILES string of the molecule is NC(=O)C1=CNC=C(C(=O)N(c2ccccc2)c2ccccc2)C1. The number of para-hydroxylation sites is 2. The van der Waals surface area contributed by atoms with Crippen LogP contribution in [0.5, 0.6) is 0 Å². The summed E-state index contributed by atoms with van der Waals surface area (Å²) in [5.41, 5.74) is 7.69. The summed E-state index contributed by atoms with van der Waals surface area (Å²) in [6.45, 7) is 0. The van der Waals surface area contributed by atoms with Crippen LogP contribution in [0.2, 0.25) is 0 Å². The van der Waals surface area contributed by atoms with Crippen LogP contribution in [0.1, 0.15) is 6.42 Å². The summed E-state index contributed by atoms with van der Waals surface area (Å²) in [4.78, 5) is 26.1. The molecular weight excluding hydrogens is 302 g/mol. The number of hydrogen-bond donors (Lipinski definition) is 2. The van der Waals surface area contributed by atoms with Crippen LogP contribution in [0.25, 0.3) is 0 Å². The molecule has 3 N–H and O–H groups in total. The maximum atomic E-state index is 13.1. The minimum atomic E-state index is -0.535. The van der Waals surface area contributed by atoms with Crippen molar-refractivity contribution in [3.8, 4) is 0 Å². The fourth-order valence-corrected chi connectivity index (χ4v) is 2.53. The van der Waals surface area contributed by atoms with E-state index >= 15 is 0 Å². The summed E-state index contributed by atoms with van der Waals surface area (Å²) in [5, 5.41) is 2.83. The van der Waals surface area contributed by atoms with Gasteiger partial charge in [0.15, 0.2) is 0 Å². The molecule has 24 heavy (non-hydrogen) atoms. The van der Waals surface area contributed by atoms with E-state index < -0.39 is 5.91 Å². The number of rotatable bonds is 4. The van der Waals surface area contributed by atoms with E-state index in [2.05, 4.69) is 5.32 Å².